The fraction of sp³-hybridized carbons (Fsp3) is 1.00. The highest BCUT2D eigenvalue weighted by atomic mass is 16.5. The average Bonchev–Trinajstić information content (AvgIpc) is 2.68. The predicted molar refractivity (Wildman–Crippen MR) is 63.0 cm³/mol. The van der Waals surface area contributed by atoms with Crippen molar-refractivity contribution in [3.05, 3.63) is 0 Å². The summed E-state index contributed by atoms with van der Waals surface area (Å²) in [4.78, 5) is 0. The van der Waals surface area contributed by atoms with Crippen LogP contribution in [0.15, 0.2) is 0 Å². The van der Waals surface area contributed by atoms with E-state index in [4.69, 9.17) is 4.74 Å². The highest BCUT2D eigenvalue weighted by Crippen LogP contribution is 2.18. The van der Waals surface area contributed by atoms with Gasteiger partial charge in [0, 0.05) is 19.2 Å². The second-order valence-corrected chi connectivity index (χ2v) is 5.18. The quantitative estimate of drug-likeness (QED) is 0.775. The lowest BCUT2D eigenvalue weighted by Gasteiger charge is -2.22. The van der Waals surface area contributed by atoms with Crippen LogP contribution in [-0.4, -0.2) is 25.8 Å². The van der Waals surface area contributed by atoms with Gasteiger partial charge in [0.25, 0.3) is 0 Å². The molecular formula is C13H25NO. The molecule has 0 bridgehead atoms. The number of rotatable bonds is 3. The van der Waals surface area contributed by atoms with E-state index in [0.717, 1.165) is 25.2 Å². The molecule has 2 fully saturated rings. The Morgan fingerprint density at radius 2 is 1.67 bits per heavy atom. The van der Waals surface area contributed by atoms with E-state index in [0.29, 0.717) is 0 Å². The molecular weight excluding hydrogens is 186 g/mol. The molecule has 2 nitrogen and oxygen atoms in total. The summed E-state index contributed by atoms with van der Waals surface area (Å²) in [5, 5.41) is 3.75. The van der Waals surface area contributed by atoms with Crippen molar-refractivity contribution in [3.8, 4) is 0 Å². The Bertz CT molecular complexity index is 158. The Morgan fingerprint density at radius 3 is 2.33 bits per heavy atom. The van der Waals surface area contributed by atoms with E-state index in [1.54, 1.807) is 0 Å². The van der Waals surface area contributed by atoms with E-state index in [9.17, 15) is 0 Å². The van der Waals surface area contributed by atoms with Gasteiger partial charge in [-0.2, -0.15) is 0 Å². The molecule has 2 heteroatoms. The number of hydrogen-bond donors (Lipinski definition) is 1. The van der Waals surface area contributed by atoms with Gasteiger partial charge in [0.2, 0.25) is 0 Å². The minimum absolute atomic E-state index is 0.787. The third-order valence-electron chi connectivity index (χ3n) is 3.82. The third-order valence-corrected chi connectivity index (χ3v) is 3.82. The highest BCUT2D eigenvalue weighted by molar-refractivity contribution is 4.73. The lowest BCUT2D eigenvalue weighted by Crippen LogP contribution is -2.34. The van der Waals surface area contributed by atoms with E-state index in [2.05, 4.69) is 5.32 Å². The number of nitrogens with one attached hydrogen (secondary N) is 1. The van der Waals surface area contributed by atoms with Gasteiger partial charge < -0.3 is 10.1 Å². The summed E-state index contributed by atoms with van der Waals surface area (Å²) < 4.78 is 5.40. The molecule has 0 aromatic heterocycles. The zero-order valence-corrected chi connectivity index (χ0v) is 9.84. The van der Waals surface area contributed by atoms with Crippen LogP contribution in [0.4, 0.5) is 0 Å². The molecule has 2 rings (SSSR count). The topological polar surface area (TPSA) is 21.3 Å². The minimum atomic E-state index is 0.787. The van der Waals surface area contributed by atoms with Gasteiger partial charge in [-0.25, -0.2) is 0 Å². The molecule has 1 saturated heterocycles. The van der Waals surface area contributed by atoms with Crippen LogP contribution in [0.25, 0.3) is 0 Å². The predicted octanol–water partition coefficient (Wildman–Crippen LogP) is 2.73. The van der Waals surface area contributed by atoms with Crippen molar-refractivity contribution < 1.29 is 4.74 Å². The molecule has 1 saturated carbocycles. The van der Waals surface area contributed by atoms with Crippen molar-refractivity contribution in [3.63, 3.8) is 0 Å². The summed E-state index contributed by atoms with van der Waals surface area (Å²) in [5.74, 6) is 0.787. The molecule has 0 aromatic rings. The Morgan fingerprint density at radius 1 is 0.933 bits per heavy atom. The zero-order chi connectivity index (χ0) is 10.3. The lowest BCUT2D eigenvalue weighted by atomic mass is 9.96. The van der Waals surface area contributed by atoms with Gasteiger partial charge in [0.05, 0.1) is 6.61 Å². The molecule has 15 heavy (non-hydrogen) atoms. The van der Waals surface area contributed by atoms with Crippen molar-refractivity contribution in [1.29, 1.82) is 0 Å². The number of hydrogen-bond acceptors (Lipinski definition) is 2. The van der Waals surface area contributed by atoms with Crippen LogP contribution >= 0.6 is 0 Å². The molecule has 0 spiro atoms. The van der Waals surface area contributed by atoms with Crippen LogP contribution in [0.2, 0.25) is 0 Å². The Kier molecular flexibility index (Phi) is 4.94. The molecule has 1 N–H and O–H groups in total. The minimum Gasteiger partial charge on any atom is -0.381 e. The molecule has 1 aliphatic heterocycles. The zero-order valence-electron chi connectivity index (χ0n) is 9.84. The standard InChI is InChI=1S/C13H25NO/c1-2-4-6-13(7-5-3-1)14-10-12-8-9-15-11-12/h12-14H,1-11H2. The molecule has 1 atom stereocenters. The molecule has 1 unspecified atom stereocenters. The van der Waals surface area contributed by atoms with E-state index in [-0.39, 0.29) is 0 Å². The molecule has 0 radical (unpaired) electrons. The summed E-state index contributed by atoms with van der Waals surface area (Å²) in [5.41, 5.74) is 0. The van der Waals surface area contributed by atoms with Crippen LogP contribution in [-0.2, 0) is 4.74 Å². The van der Waals surface area contributed by atoms with Crippen LogP contribution in [0.1, 0.15) is 51.4 Å². The van der Waals surface area contributed by atoms with Crippen LogP contribution in [0.3, 0.4) is 0 Å². The van der Waals surface area contributed by atoms with Gasteiger partial charge in [0.15, 0.2) is 0 Å². The Labute approximate surface area is 93.8 Å². The fourth-order valence-electron chi connectivity index (χ4n) is 2.74. The van der Waals surface area contributed by atoms with Crippen molar-refractivity contribution in [2.75, 3.05) is 19.8 Å². The van der Waals surface area contributed by atoms with Gasteiger partial charge in [-0.3, -0.25) is 0 Å². The SMILES string of the molecule is C1CCCC(NCC2CCOC2)CCC1. The Hall–Kier alpha value is -0.0800. The summed E-state index contributed by atoms with van der Waals surface area (Å²) in [6, 6.07) is 0.797. The summed E-state index contributed by atoms with van der Waals surface area (Å²) >= 11 is 0. The molecule has 88 valence electrons. The summed E-state index contributed by atoms with van der Waals surface area (Å²) in [7, 11) is 0. The summed E-state index contributed by atoms with van der Waals surface area (Å²) in [6.45, 7) is 3.15. The maximum absolute atomic E-state index is 5.40. The van der Waals surface area contributed by atoms with Crippen molar-refractivity contribution in [2.45, 2.75) is 57.4 Å². The second-order valence-electron chi connectivity index (χ2n) is 5.18. The maximum Gasteiger partial charge on any atom is 0.0507 e. The van der Waals surface area contributed by atoms with Crippen LogP contribution in [0.5, 0.6) is 0 Å². The largest absolute Gasteiger partial charge is 0.381 e. The second kappa shape index (κ2) is 6.49. The van der Waals surface area contributed by atoms with E-state index in [1.807, 2.05) is 0 Å². The van der Waals surface area contributed by atoms with E-state index in [1.165, 1.54) is 57.9 Å². The van der Waals surface area contributed by atoms with Crippen LogP contribution < -0.4 is 5.32 Å². The average molecular weight is 211 g/mol. The molecule has 2 aliphatic rings. The van der Waals surface area contributed by atoms with Crippen LogP contribution in [0, 0.1) is 5.92 Å². The van der Waals surface area contributed by atoms with Crippen molar-refractivity contribution >= 4 is 0 Å². The maximum atomic E-state index is 5.40. The van der Waals surface area contributed by atoms with Gasteiger partial charge in [-0.05, 0) is 25.2 Å². The highest BCUT2D eigenvalue weighted by Gasteiger charge is 2.17. The monoisotopic (exact) mass is 211 g/mol. The van der Waals surface area contributed by atoms with E-state index >= 15 is 0 Å². The van der Waals surface area contributed by atoms with E-state index < -0.39 is 0 Å². The van der Waals surface area contributed by atoms with Gasteiger partial charge in [-0.1, -0.05) is 32.1 Å². The third kappa shape index (κ3) is 4.12. The lowest BCUT2D eigenvalue weighted by molar-refractivity contribution is 0.184. The first kappa shape index (κ1) is 11.4. The Balaban J connectivity index is 1.62. The van der Waals surface area contributed by atoms with Gasteiger partial charge >= 0.3 is 0 Å². The van der Waals surface area contributed by atoms with Crippen molar-refractivity contribution in [1.82, 2.24) is 5.32 Å². The van der Waals surface area contributed by atoms with Gasteiger partial charge in [0.1, 0.15) is 0 Å². The molecule has 0 aromatic carbocycles. The first-order valence-corrected chi connectivity index (χ1v) is 6.76. The molecule has 1 aliphatic carbocycles. The normalized spacial score (nSPS) is 30.0. The fourth-order valence-corrected chi connectivity index (χ4v) is 2.74. The summed E-state index contributed by atoms with van der Waals surface area (Å²) in [6.07, 6.45) is 11.3. The molecule has 0 amide bonds. The smallest absolute Gasteiger partial charge is 0.0507 e. The van der Waals surface area contributed by atoms with Crippen molar-refractivity contribution in [2.24, 2.45) is 5.92 Å². The first-order valence-electron chi connectivity index (χ1n) is 6.76. The molecule has 1 heterocycles. The number of ether oxygens (including phenoxy) is 1. The first-order chi connectivity index (χ1) is 7.45. The van der Waals surface area contributed by atoms with Gasteiger partial charge in [-0.15, -0.1) is 0 Å².